The van der Waals surface area contributed by atoms with Crippen LogP contribution < -0.4 is 10.1 Å². The summed E-state index contributed by atoms with van der Waals surface area (Å²) in [4.78, 5) is 4.11. The fourth-order valence-corrected chi connectivity index (χ4v) is 2.03. The standard InChI is InChI=1S/C12H18N2O/c1-13-11-6-12(8-14-7-11)15-9-10-4-2-3-5-10/h6-8,10,13H,2-5,9H2,1H3. The zero-order valence-electron chi connectivity index (χ0n) is 9.20. The van der Waals surface area contributed by atoms with Gasteiger partial charge in [0.15, 0.2) is 0 Å². The van der Waals surface area contributed by atoms with Gasteiger partial charge >= 0.3 is 0 Å². The van der Waals surface area contributed by atoms with E-state index in [1.807, 2.05) is 13.1 Å². The van der Waals surface area contributed by atoms with Crippen molar-refractivity contribution < 1.29 is 4.74 Å². The van der Waals surface area contributed by atoms with Gasteiger partial charge in [0.1, 0.15) is 5.75 Å². The normalized spacial score (nSPS) is 16.6. The fourth-order valence-electron chi connectivity index (χ4n) is 2.03. The number of pyridine rings is 1. The molecule has 15 heavy (non-hydrogen) atoms. The highest BCUT2D eigenvalue weighted by atomic mass is 16.5. The van der Waals surface area contributed by atoms with Crippen molar-refractivity contribution >= 4 is 5.69 Å². The quantitative estimate of drug-likeness (QED) is 0.822. The Kier molecular flexibility index (Phi) is 3.43. The van der Waals surface area contributed by atoms with Crippen LogP contribution in [0.2, 0.25) is 0 Å². The molecule has 0 bridgehead atoms. The van der Waals surface area contributed by atoms with Crippen molar-refractivity contribution in [2.24, 2.45) is 5.92 Å². The molecule has 1 N–H and O–H groups in total. The Morgan fingerprint density at radius 3 is 2.93 bits per heavy atom. The first-order valence-electron chi connectivity index (χ1n) is 5.64. The Morgan fingerprint density at radius 2 is 2.20 bits per heavy atom. The van der Waals surface area contributed by atoms with E-state index >= 15 is 0 Å². The number of ether oxygens (including phenoxy) is 1. The minimum absolute atomic E-state index is 0.753. The van der Waals surface area contributed by atoms with Crippen LogP contribution in [0.3, 0.4) is 0 Å². The van der Waals surface area contributed by atoms with Crippen molar-refractivity contribution in [1.82, 2.24) is 4.98 Å². The third kappa shape index (κ3) is 2.85. The highest BCUT2D eigenvalue weighted by Crippen LogP contribution is 2.25. The topological polar surface area (TPSA) is 34.2 Å². The molecule has 1 heterocycles. The molecule has 0 spiro atoms. The van der Waals surface area contributed by atoms with Gasteiger partial charge < -0.3 is 10.1 Å². The van der Waals surface area contributed by atoms with E-state index in [4.69, 9.17) is 4.74 Å². The second kappa shape index (κ2) is 5.01. The third-order valence-electron chi connectivity index (χ3n) is 2.96. The van der Waals surface area contributed by atoms with E-state index in [-0.39, 0.29) is 0 Å². The van der Waals surface area contributed by atoms with Crippen LogP contribution in [-0.4, -0.2) is 18.6 Å². The lowest BCUT2D eigenvalue weighted by Crippen LogP contribution is -2.08. The third-order valence-corrected chi connectivity index (χ3v) is 2.96. The van der Waals surface area contributed by atoms with E-state index in [0.717, 1.165) is 24.0 Å². The minimum Gasteiger partial charge on any atom is -0.492 e. The molecule has 1 aliphatic carbocycles. The van der Waals surface area contributed by atoms with Crippen LogP contribution in [0.15, 0.2) is 18.5 Å². The lowest BCUT2D eigenvalue weighted by atomic mass is 10.1. The summed E-state index contributed by atoms with van der Waals surface area (Å²) in [5, 5.41) is 3.05. The van der Waals surface area contributed by atoms with E-state index in [9.17, 15) is 0 Å². The van der Waals surface area contributed by atoms with Gasteiger partial charge in [-0.15, -0.1) is 0 Å². The zero-order valence-corrected chi connectivity index (χ0v) is 9.20. The van der Waals surface area contributed by atoms with Crippen molar-refractivity contribution in [2.45, 2.75) is 25.7 Å². The predicted molar refractivity (Wildman–Crippen MR) is 61.2 cm³/mol. The van der Waals surface area contributed by atoms with E-state index < -0.39 is 0 Å². The molecule has 1 fully saturated rings. The predicted octanol–water partition coefficient (Wildman–Crippen LogP) is 2.69. The molecule has 1 aromatic rings. The molecule has 1 aliphatic rings. The summed E-state index contributed by atoms with van der Waals surface area (Å²) >= 11 is 0. The Bertz CT molecular complexity index is 308. The van der Waals surface area contributed by atoms with Gasteiger partial charge in [-0.25, -0.2) is 0 Å². The molecule has 0 radical (unpaired) electrons. The Labute approximate surface area is 90.9 Å². The maximum atomic E-state index is 5.73. The van der Waals surface area contributed by atoms with Crippen LogP contribution in [0, 0.1) is 5.92 Å². The smallest absolute Gasteiger partial charge is 0.139 e. The second-order valence-corrected chi connectivity index (χ2v) is 4.12. The average Bonchev–Trinajstić information content (AvgIpc) is 2.79. The lowest BCUT2D eigenvalue weighted by Gasteiger charge is -2.11. The molecule has 82 valence electrons. The summed E-state index contributed by atoms with van der Waals surface area (Å²) in [5.74, 6) is 1.62. The number of nitrogens with one attached hydrogen (secondary N) is 1. The Balaban J connectivity index is 1.86. The van der Waals surface area contributed by atoms with Gasteiger partial charge in [-0.1, -0.05) is 12.8 Å². The number of hydrogen-bond acceptors (Lipinski definition) is 3. The largest absolute Gasteiger partial charge is 0.492 e. The van der Waals surface area contributed by atoms with Gasteiger partial charge in [-0.05, 0) is 18.8 Å². The number of hydrogen-bond donors (Lipinski definition) is 1. The van der Waals surface area contributed by atoms with Crippen molar-refractivity contribution in [3.05, 3.63) is 18.5 Å². The second-order valence-electron chi connectivity index (χ2n) is 4.12. The van der Waals surface area contributed by atoms with Crippen LogP contribution in [-0.2, 0) is 0 Å². The number of nitrogens with zero attached hydrogens (tertiary/aromatic N) is 1. The SMILES string of the molecule is CNc1cncc(OCC2CCCC2)c1. The molecule has 2 rings (SSSR count). The molecule has 0 amide bonds. The van der Waals surface area contributed by atoms with Crippen LogP contribution in [0.1, 0.15) is 25.7 Å². The van der Waals surface area contributed by atoms with E-state index in [1.54, 1.807) is 12.4 Å². The monoisotopic (exact) mass is 206 g/mol. The highest BCUT2D eigenvalue weighted by molar-refractivity contribution is 5.44. The molecule has 0 atom stereocenters. The Morgan fingerprint density at radius 1 is 1.40 bits per heavy atom. The summed E-state index contributed by atoms with van der Waals surface area (Å²) < 4.78 is 5.73. The van der Waals surface area contributed by atoms with Crippen molar-refractivity contribution in [1.29, 1.82) is 0 Å². The molecular formula is C12H18N2O. The van der Waals surface area contributed by atoms with Crippen LogP contribution in [0.5, 0.6) is 5.75 Å². The van der Waals surface area contributed by atoms with Gasteiger partial charge in [0.25, 0.3) is 0 Å². The summed E-state index contributed by atoms with van der Waals surface area (Å²) in [7, 11) is 1.89. The van der Waals surface area contributed by atoms with E-state index in [2.05, 4.69) is 10.3 Å². The first-order chi connectivity index (χ1) is 7.38. The van der Waals surface area contributed by atoms with E-state index in [0.29, 0.717) is 0 Å². The lowest BCUT2D eigenvalue weighted by molar-refractivity contribution is 0.251. The van der Waals surface area contributed by atoms with Gasteiger partial charge in [0, 0.05) is 13.1 Å². The van der Waals surface area contributed by atoms with Crippen LogP contribution in [0.25, 0.3) is 0 Å². The molecule has 1 aromatic heterocycles. The molecule has 3 nitrogen and oxygen atoms in total. The van der Waals surface area contributed by atoms with Crippen molar-refractivity contribution in [3.8, 4) is 5.75 Å². The van der Waals surface area contributed by atoms with Gasteiger partial charge in [0.2, 0.25) is 0 Å². The number of rotatable bonds is 4. The summed E-state index contributed by atoms with van der Waals surface area (Å²) in [5.41, 5.74) is 0.999. The first kappa shape index (κ1) is 10.3. The zero-order chi connectivity index (χ0) is 10.5. The number of anilines is 1. The molecule has 3 heteroatoms. The first-order valence-corrected chi connectivity index (χ1v) is 5.64. The van der Waals surface area contributed by atoms with Crippen molar-refractivity contribution in [3.63, 3.8) is 0 Å². The van der Waals surface area contributed by atoms with Crippen LogP contribution >= 0.6 is 0 Å². The summed E-state index contributed by atoms with van der Waals surface area (Å²) in [6.45, 7) is 0.842. The average molecular weight is 206 g/mol. The molecule has 0 aliphatic heterocycles. The summed E-state index contributed by atoms with van der Waals surface area (Å²) in [6, 6.07) is 1.99. The van der Waals surface area contributed by atoms with Crippen LogP contribution in [0.4, 0.5) is 5.69 Å². The minimum atomic E-state index is 0.753. The summed E-state index contributed by atoms with van der Waals surface area (Å²) in [6.07, 6.45) is 8.93. The maximum Gasteiger partial charge on any atom is 0.139 e. The van der Waals surface area contributed by atoms with E-state index in [1.165, 1.54) is 25.7 Å². The van der Waals surface area contributed by atoms with Gasteiger partial charge in [0.05, 0.1) is 24.7 Å². The van der Waals surface area contributed by atoms with Gasteiger partial charge in [-0.3, -0.25) is 4.98 Å². The number of aromatic nitrogens is 1. The molecule has 0 saturated heterocycles. The highest BCUT2D eigenvalue weighted by Gasteiger charge is 2.15. The Hall–Kier alpha value is -1.25. The van der Waals surface area contributed by atoms with Gasteiger partial charge in [-0.2, -0.15) is 0 Å². The fraction of sp³-hybridized carbons (Fsp3) is 0.583. The van der Waals surface area contributed by atoms with Crippen molar-refractivity contribution in [2.75, 3.05) is 19.0 Å². The molecule has 0 aromatic carbocycles. The molecular weight excluding hydrogens is 188 g/mol. The maximum absolute atomic E-state index is 5.73. The molecule has 0 unspecified atom stereocenters. The molecule has 1 saturated carbocycles.